The lowest BCUT2D eigenvalue weighted by molar-refractivity contribution is 1.18. The molecule has 2 aromatic heterocycles. The van der Waals surface area contributed by atoms with Crippen LogP contribution in [0.5, 0.6) is 0 Å². The van der Waals surface area contributed by atoms with Crippen LogP contribution in [0, 0.1) is 0 Å². The third-order valence-corrected chi connectivity index (χ3v) is 12.5. The summed E-state index contributed by atoms with van der Waals surface area (Å²) in [7, 11) is 0. The quantitative estimate of drug-likeness (QED) is 0.152. The van der Waals surface area contributed by atoms with Gasteiger partial charge in [-0.2, -0.15) is 0 Å². The maximum atomic E-state index is 2.44. The Labute approximate surface area is 360 Å². The second-order valence-corrected chi connectivity index (χ2v) is 16.1. The first-order valence-corrected chi connectivity index (χ1v) is 21.3. The van der Waals surface area contributed by atoms with E-state index < -0.39 is 0 Å². The third kappa shape index (κ3) is 6.04. The molecule has 0 atom stereocenters. The first-order valence-electron chi connectivity index (χ1n) is 21.3. The summed E-state index contributed by atoms with van der Waals surface area (Å²) in [5.41, 5.74) is 19.1. The zero-order valence-electron chi connectivity index (χ0n) is 34.0. The number of fused-ring (bicyclic) bond motifs is 6. The van der Waals surface area contributed by atoms with Crippen molar-refractivity contribution in [2.45, 2.75) is 0 Å². The summed E-state index contributed by atoms with van der Waals surface area (Å²) in [5, 5.41) is 4.94. The van der Waals surface area contributed by atoms with E-state index in [1.165, 1.54) is 99.2 Å². The van der Waals surface area contributed by atoms with Crippen LogP contribution in [0.15, 0.2) is 243 Å². The van der Waals surface area contributed by atoms with Crippen LogP contribution < -0.4 is 0 Å². The summed E-state index contributed by atoms with van der Waals surface area (Å²) in [4.78, 5) is 0. The van der Waals surface area contributed by atoms with Gasteiger partial charge in [0.2, 0.25) is 0 Å². The smallest absolute Gasteiger partial charge is 0.0541 e. The highest BCUT2D eigenvalue weighted by Gasteiger charge is 2.18. The van der Waals surface area contributed by atoms with Gasteiger partial charge in [-0.15, -0.1) is 0 Å². The Balaban J connectivity index is 1.02. The Kier molecular flexibility index (Phi) is 8.53. The molecule has 0 saturated carbocycles. The maximum Gasteiger partial charge on any atom is 0.0541 e. The second-order valence-electron chi connectivity index (χ2n) is 16.1. The average molecular weight is 789 g/mol. The average Bonchev–Trinajstić information content (AvgIpc) is 3.86. The molecule has 0 aliphatic rings. The summed E-state index contributed by atoms with van der Waals surface area (Å²) >= 11 is 0. The van der Waals surface area contributed by atoms with Crippen molar-refractivity contribution in [2.75, 3.05) is 0 Å². The molecule has 290 valence electrons. The minimum atomic E-state index is 1.14. The minimum absolute atomic E-state index is 1.14. The van der Waals surface area contributed by atoms with Crippen LogP contribution in [0.25, 0.3) is 111 Å². The van der Waals surface area contributed by atoms with E-state index in [2.05, 4.69) is 252 Å². The molecule has 62 heavy (non-hydrogen) atoms. The number of rotatable bonds is 7. The second kappa shape index (κ2) is 14.8. The number of hydrogen-bond donors (Lipinski definition) is 0. The molecule has 12 aromatic rings. The van der Waals surface area contributed by atoms with Crippen molar-refractivity contribution in [1.29, 1.82) is 0 Å². The highest BCUT2D eigenvalue weighted by atomic mass is 15.0. The normalized spacial score (nSPS) is 11.5. The Bertz CT molecular complexity index is 3610. The molecule has 10 aromatic carbocycles. The first-order chi connectivity index (χ1) is 30.7. The molecule has 0 saturated heterocycles. The number of hydrogen-bond acceptors (Lipinski definition) is 0. The van der Waals surface area contributed by atoms with Crippen LogP contribution in [0.3, 0.4) is 0 Å². The van der Waals surface area contributed by atoms with Crippen molar-refractivity contribution >= 4 is 43.6 Å². The van der Waals surface area contributed by atoms with Gasteiger partial charge >= 0.3 is 0 Å². The molecule has 2 nitrogen and oxygen atoms in total. The van der Waals surface area contributed by atoms with E-state index in [9.17, 15) is 0 Å². The van der Waals surface area contributed by atoms with Crippen molar-refractivity contribution in [3.05, 3.63) is 243 Å². The highest BCUT2D eigenvalue weighted by Crippen LogP contribution is 2.41. The molecule has 0 amide bonds. The van der Waals surface area contributed by atoms with Crippen LogP contribution in [0.4, 0.5) is 0 Å². The fourth-order valence-electron chi connectivity index (χ4n) is 9.59. The van der Waals surface area contributed by atoms with Crippen molar-refractivity contribution in [1.82, 2.24) is 9.13 Å². The van der Waals surface area contributed by atoms with E-state index in [1.54, 1.807) is 0 Å². The monoisotopic (exact) mass is 788 g/mol. The molecule has 0 N–H and O–H groups in total. The van der Waals surface area contributed by atoms with Gasteiger partial charge in [0.1, 0.15) is 0 Å². The van der Waals surface area contributed by atoms with Gasteiger partial charge in [-0.3, -0.25) is 0 Å². The molecule has 0 radical (unpaired) electrons. The third-order valence-electron chi connectivity index (χ3n) is 12.5. The van der Waals surface area contributed by atoms with E-state index in [0.717, 1.165) is 11.4 Å². The molecule has 12 rings (SSSR count). The van der Waals surface area contributed by atoms with Gasteiger partial charge in [0.05, 0.1) is 22.1 Å². The van der Waals surface area contributed by atoms with Crippen LogP contribution >= 0.6 is 0 Å². The molecule has 0 fully saturated rings. The fraction of sp³-hybridized carbons (Fsp3) is 0. The zero-order valence-corrected chi connectivity index (χ0v) is 34.0. The van der Waals surface area contributed by atoms with Crippen molar-refractivity contribution in [3.8, 4) is 67.0 Å². The van der Waals surface area contributed by atoms with Crippen LogP contribution in [0.1, 0.15) is 0 Å². The van der Waals surface area contributed by atoms with Gasteiger partial charge < -0.3 is 9.13 Å². The Morgan fingerprint density at radius 2 is 0.548 bits per heavy atom. The standard InChI is InChI=1S/C60H40N2/c1-4-16-41(17-5-1)44-22-14-24-49(36-44)61-57-29-13-12-28-53(57)54-39-46(31-34-58(54)61)47-32-35-60-56(40-47)55-38-45(42-18-6-2-7-19-42)30-33-59(55)62(60)50-25-15-23-48(37-50)52-27-11-10-26-51(52)43-20-8-3-9-21-43/h1-40H. The highest BCUT2D eigenvalue weighted by molar-refractivity contribution is 6.13. The molecule has 0 unspecified atom stereocenters. The molecule has 2 heterocycles. The SMILES string of the molecule is c1ccc(-c2cccc(-n3c4ccccc4c4cc(-c5ccc6c(c5)c5cc(-c7ccccc7)ccc5n6-c5cccc(-c6ccccc6-c6ccccc6)c5)ccc43)c2)cc1. The van der Waals surface area contributed by atoms with E-state index >= 15 is 0 Å². The lowest BCUT2D eigenvalue weighted by atomic mass is 9.94. The Morgan fingerprint density at radius 1 is 0.194 bits per heavy atom. The zero-order chi connectivity index (χ0) is 41.0. The maximum absolute atomic E-state index is 2.44. The van der Waals surface area contributed by atoms with Gasteiger partial charge in [-0.25, -0.2) is 0 Å². The Morgan fingerprint density at radius 3 is 1.10 bits per heavy atom. The number of benzene rings is 10. The predicted molar refractivity (Wildman–Crippen MR) is 262 cm³/mol. The summed E-state index contributed by atoms with van der Waals surface area (Å²) in [5.74, 6) is 0. The van der Waals surface area contributed by atoms with Crippen LogP contribution in [0.2, 0.25) is 0 Å². The molecule has 0 aliphatic heterocycles. The van der Waals surface area contributed by atoms with Gasteiger partial charge in [-0.1, -0.05) is 176 Å². The van der Waals surface area contributed by atoms with Crippen molar-refractivity contribution in [3.63, 3.8) is 0 Å². The summed E-state index contributed by atoms with van der Waals surface area (Å²) in [6, 6.07) is 88.4. The van der Waals surface area contributed by atoms with Gasteiger partial charge in [0.25, 0.3) is 0 Å². The summed E-state index contributed by atoms with van der Waals surface area (Å²) in [6.45, 7) is 0. The molecule has 2 heteroatoms. The minimum Gasteiger partial charge on any atom is -0.309 e. The van der Waals surface area contributed by atoms with E-state index in [4.69, 9.17) is 0 Å². The molecule has 0 aliphatic carbocycles. The largest absolute Gasteiger partial charge is 0.309 e. The van der Waals surface area contributed by atoms with Gasteiger partial charge in [0, 0.05) is 32.9 Å². The molecule has 0 bridgehead atoms. The fourth-order valence-corrected chi connectivity index (χ4v) is 9.59. The topological polar surface area (TPSA) is 9.86 Å². The number of aromatic nitrogens is 2. The van der Waals surface area contributed by atoms with Crippen molar-refractivity contribution < 1.29 is 0 Å². The van der Waals surface area contributed by atoms with Gasteiger partial charge in [-0.05, 0) is 122 Å². The van der Waals surface area contributed by atoms with Gasteiger partial charge in [0.15, 0.2) is 0 Å². The van der Waals surface area contributed by atoms with Crippen LogP contribution in [-0.2, 0) is 0 Å². The van der Waals surface area contributed by atoms with E-state index in [-0.39, 0.29) is 0 Å². The number of para-hydroxylation sites is 1. The van der Waals surface area contributed by atoms with E-state index in [1.807, 2.05) is 0 Å². The number of nitrogens with zero attached hydrogens (tertiary/aromatic N) is 2. The van der Waals surface area contributed by atoms with Crippen molar-refractivity contribution in [2.24, 2.45) is 0 Å². The lowest BCUT2D eigenvalue weighted by Crippen LogP contribution is -1.95. The lowest BCUT2D eigenvalue weighted by Gasteiger charge is -2.14. The van der Waals surface area contributed by atoms with E-state index in [0.29, 0.717) is 0 Å². The summed E-state index contributed by atoms with van der Waals surface area (Å²) in [6.07, 6.45) is 0. The molecular weight excluding hydrogens is 749 g/mol. The molecule has 0 spiro atoms. The predicted octanol–water partition coefficient (Wildman–Crippen LogP) is 16.2. The molecular formula is C60H40N2. The Hall–Kier alpha value is -8.20. The first kappa shape index (κ1) is 35.7. The summed E-state index contributed by atoms with van der Waals surface area (Å²) < 4.78 is 4.85. The van der Waals surface area contributed by atoms with Crippen LogP contribution in [-0.4, -0.2) is 9.13 Å².